The van der Waals surface area contributed by atoms with Crippen LogP contribution in [-0.2, 0) is 9.59 Å². The molecule has 6 nitrogen and oxygen atoms in total. The molecule has 0 aliphatic heterocycles. The highest BCUT2D eigenvalue weighted by atomic mass is 16.5. The number of rotatable bonds is 14. The van der Waals surface area contributed by atoms with E-state index in [2.05, 4.69) is 172 Å². The summed E-state index contributed by atoms with van der Waals surface area (Å²) in [6, 6.07) is 58.3. The van der Waals surface area contributed by atoms with E-state index in [4.69, 9.17) is 9.47 Å². The Labute approximate surface area is 353 Å². The predicted octanol–water partition coefficient (Wildman–Crippen LogP) is 13.7. The Balaban J connectivity index is 1.07. The van der Waals surface area contributed by atoms with Crippen molar-refractivity contribution in [1.29, 1.82) is 0 Å². The van der Waals surface area contributed by atoms with E-state index < -0.39 is 11.9 Å². The third kappa shape index (κ3) is 9.46. The molecule has 0 saturated heterocycles. The molecule has 0 saturated carbocycles. The van der Waals surface area contributed by atoms with E-state index >= 15 is 0 Å². The van der Waals surface area contributed by atoms with Crippen LogP contribution in [0.3, 0.4) is 0 Å². The van der Waals surface area contributed by atoms with Gasteiger partial charge in [-0.1, -0.05) is 111 Å². The summed E-state index contributed by atoms with van der Waals surface area (Å²) in [5.41, 5.74) is 13.3. The van der Waals surface area contributed by atoms with Gasteiger partial charge in [-0.3, -0.25) is 0 Å². The molecule has 0 aromatic heterocycles. The van der Waals surface area contributed by atoms with Gasteiger partial charge in [0.05, 0.1) is 0 Å². The molecule has 2 atom stereocenters. The molecule has 0 fully saturated rings. The zero-order valence-electron chi connectivity index (χ0n) is 34.4. The molecule has 0 radical (unpaired) electrons. The first-order valence-corrected chi connectivity index (χ1v) is 20.0. The number of hydrogen-bond acceptors (Lipinski definition) is 6. The minimum absolute atomic E-state index is 0.185. The molecule has 2 unspecified atom stereocenters. The summed E-state index contributed by atoms with van der Waals surface area (Å²) < 4.78 is 10.6. The SMILES string of the molecule is C=CC(=O)Oc1ccc(N(c2ccc(C)cc2)c2ccc(C(C)c3ccc(C(C)c4ccc(N(c5ccc(C)cc5)c5ccc(OC(=O)C=C)cc5)cc4)cc3)cc2)cc1. The Kier molecular flexibility index (Phi) is 12.5. The number of aryl methyl sites for hydroxylation is 2. The van der Waals surface area contributed by atoms with Crippen LogP contribution in [0.15, 0.2) is 195 Å². The highest BCUT2D eigenvalue weighted by Gasteiger charge is 2.18. The van der Waals surface area contributed by atoms with Crippen molar-refractivity contribution in [3.8, 4) is 11.5 Å². The van der Waals surface area contributed by atoms with Crippen LogP contribution in [0.25, 0.3) is 0 Å². The fraction of sp³-hybridized carbons (Fsp3) is 0.111. The standard InChI is InChI=1S/C54H48N2O4/c1-7-53(57)59-51-33-29-49(30-34-51)55(45-21-9-37(3)10-22-45)47-25-17-43(18-26-47)39(5)41-13-15-42(16-14-41)40(6)44-19-27-48(28-20-44)56(46-23-11-38(4)12-24-46)50-31-35-52(36-32-50)60-54(58)8-2/h7-36,39-40H,1-2H2,3-6H3. The fourth-order valence-electron chi connectivity index (χ4n) is 7.21. The van der Waals surface area contributed by atoms with Gasteiger partial charge in [0.2, 0.25) is 0 Å². The van der Waals surface area contributed by atoms with Crippen LogP contribution < -0.4 is 19.3 Å². The average Bonchev–Trinajstić information content (AvgIpc) is 3.29. The first-order valence-electron chi connectivity index (χ1n) is 20.0. The van der Waals surface area contributed by atoms with E-state index in [0.717, 1.165) is 46.3 Å². The fourth-order valence-corrected chi connectivity index (χ4v) is 7.21. The highest BCUT2D eigenvalue weighted by molar-refractivity contribution is 5.84. The predicted molar refractivity (Wildman–Crippen MR) is 245 cm³/mol. The Morgan fingerprint density at radius 1 is 0.400 bits per heavy atom. The van der Waals surface area contributed by atoms with E-state index in [1.54, 1.807) is 24.3 Å². The Hall–Kier alpha value is -7.44. The molecule has 7 aromatic carbocycles. The number of benzene rings is 7. The molecule has 7 rings (SSSR count). The number of nitrogens with zero attached hydrogens (tertiary/aromatic N) is 2. The van der Waals surface area contributed by atoms with Crippen LogP contribution in [-0.4, -0.2) is 11.9 Å². The van der Waals surface area contributed by atoms with Gasteiger partial charge < -0.3 is 19.3 Å². The Bertz CT molecular complexity index is 2380. The van der Waals surface area contributed by atoms with Crippen LogP contribution in [0.4, 0.5) is 34.1 Å². The zero-order valence-corrected chi connectivity index (χ0v) is 34.4. The van der Waals surface area contributed by atoms with E-state index in [1.165, 1.54) is 33.4 Å². The van der Waals surface area contributed by atoms with E-state index in [-0.39, 0.29) is 11.8 Å². The van der Waals surface area contributed by atoms with Crippen molar-refractivity contribution < 1.29 is 19.1 Å². The summed E-state index contributed by atoms with van der Waals surface area (Å²) in [5, 5.41) is 0. The molecule has 0 aliphatic carbocycles. The first-order chi connectivity index (χ1) is 29.1. The maximum Gasteiger partial charge on any atom is 0.335 e. The summed E-state index contributed by atoms with van der Waals surface area (Å²) in [5.74, 6) is 0.320. The van der Waals surface area contributed by atoms with Gasteiger partial charge in [-0.05, 0) is 133 Å². The number of carbonyl (C=O) groups excluding carboxylic acids is 2. The molecular formula is C54H48N2O4. The van der Waals surface area contributed by atoms with Crippen molar-refractivity contribution in [3.63, 3.8) is 0 Å². The van der Waals surface area contributed by atoms with Gasteiger partial charge in [-0.2, -0.15) is 0 Å². The lowest BCUT2D eigenvalue weighted by Gasteiger charge is -2.26. The first kappa shape index (κ1) is 40.7. The van der Waals surface area contributed by atoms with Gasteiger partial charge >= 0.3 is 11.9 Å². The van der Waals surface area contributed by atoms with Crippen molar-refractivity contribution in [3.05, 3.63) is 229 Å². The van der Waals surface area contributed by atoms with E-state index in [1.807, 2.05) is 24.3 Å². The Morgan fingerprint density at radius 3 is 0.867 bits per heavy atom. The van der Waals surface area contributed by atoms with Gasteiger partial charge in [0.15, 0.2) is 0 Å². The van der Waals surface area contributed by atoms with Crippen molar-refractivity contribution in [2.45, 2.75) is 39.5 Å². The van der Waals surface area contributed by atoms with Crippen LogP contribution >= 0.6 is 0 Å². The third-order valence-corrected chi connectivity index (χ3v) is 10.8. The lowest BCUT2D eigenvalue weighted by Crippen LogP contribution is -2.10. The quantitative estimate of drug-likeness (QED) is 0.0621. The van der Waals surface area contributed by atoms with Crippen molar-refractivity contribution in [2.75, 3.05) is 9.80 Å². The topological polar surface area (TPSA) is 59.1 Å². The molecule has 6 heteroatoms. The van der Waals surface area contributed by atoms with Crippen LogP contribution in [0.5, 0.6) is 11.5 Å². The lowest BCUT2D eigenvalue weighted by atomic mass is 9.88. The summed E-state index contributed by atoms with van der Waals surface area (Å²) in [6.07, 6.45) is 2.31. The molecule has 0 aliphatic rings. The number of carbonyl (C=O) groups is 2. The third-order valence-electron chi connectivity index (χ3n) is 10.8. The van der Waals surface area contributed by atoms with Crippen LogP contribution in [0.1, 0.15) is 59.1 Å². The van der Waals surface area contributed by atoms with Gasteiger partial charge in [0.1, 0.15) is 11.5 Å². The molecule has 0 spiro atoms. The minimum Gasteiger partial charge on any atom is -0.423 e. The van der Waals surface area contributed by atoms with E-state index in [9.17, 15) is 9.59 Å². The smallest absolute Gasteiger partial charge is 0.335 e. The second-order valence-corrected chi connectivity index (χ2v) is 14.9. The summed E-state index contributed by atoms with van der Waals surface area (Å²) >= 11 is 0. The molecular weight excluding hydrogens is 741 g/mol. The van der Waals surface area contributed by atoms with Gasteiger partial charge in [-0.15, -0.1) is 0 Å². The van der Waals surface area contributed by atoms with E-state index in [0.29, 0.717) is 11.5 Å². The van der Waals surface area contributed by atoms with Crippen molar-refractivity contribution >= 4 is 46.1 Å². The lowest BCUT2D eigenvalue weighted by molar-refractivity contribution is -0.129. The number of anilines is 6. The van der Waals surface area contributed by atoms with Gasteiger partial charge in [0, 0.05) is 58.1 Å². The molecule has 0 N–H and O–H groups in total. The number of hydrogen-bond donors (Lipinski definition) is 0. The second-order valence-electron chi connectivity index (χ2n) is 14.9. The van der Waals surface area contributed by atoms with Crippen molar-refractivity contribution in [2.24, 2.45) is 0 Å². The van der Waals surface area contributed by atoms with Crippen molar-refractivity contribution in [1.82, 2.24) is 0 Å². The second kappa shape index (κ2) is 18.4. The van der Waals surface area contributed by atoms with Gasteiger partial charge in [0.25, 0.3) is 0 Å². The molecule has 0 heterocycles. The summed E-state index contributed by atoms with van der Waals surface area (Å²) in [7, 11) is 0. The summed E-state index contributed by atoms with van der Waals surface area (Å²) in [6.45, 7) is 15.6. The maximum absolute atomic E-state index is 11.8. The summed E-state index contributed by atoms with van der Waals surface area (Å²) in [4.78, 5) is 27.9. The largest absolute Gasteiger partial charge is 0.423 e. The molecule has 7 aromatic rings. The number of ether oxygens (including phenoxy) is 2. The maximum atomic E-state index is 11.8. The minimum atomic E-state index is -0.489. The highest BCUT2D eigenvalue weighted by Crippen LogP contribution is 2.39. The van der Waals surface area contributed by atoms with Gasteiger partial charge in [-0.25, -0.2) is 9.59 Å². The molecule has 298 valence electrons. The Morgan fingerprint density at radius 2 is 0.617 bits per heavy atom. The molecule has 60 heavy (non-hydrogen) atoms. The molecule has 0 amide bonds. The van der Waals surface area contributed by atoms with Crippen LogP contribution in [0.2, 0.25) is 0 Å². The average molecular weight is 789 g/mol. The van der Waals surface area contributed by atoms with Crippen LogP contribution in [0, 0.1) is 13.8 Å². The zero-order chi connectivity index (χ0) is 42.2. The monoisotopic (exact) mass is 788 g/mol. The normalized spacial score (nSPS) is 11.8. The molecule has 0 bridgehead atoms. The number of esters is 2.